The fraction of sp³-hybridized carbons (Fsp3) is 0.250. The van der Waals surface area contributed by atoms with Crippen LogP contribution in [0.5, 0.6) is 0 Å². The van der Waals surface area contributed by atoms with Gasteiger partial charge in [0.05, 0.1) is 6.42 Å². The Morgan fingerprint density at radius 1 is 1.42 bits per heavy atom. The zero-order chi connectivity index (χ0) is 14.0. The Morgan fingerprint density at radius 2 is 2.16 bits per heavy atom. The van der Waals surface area contributed by atoms with E-state index in [-0.39, 0.29) is 12.3 Å². The number of rotatable bonds is 3. The maximum Gasteiger partial charge on any atom is 0.322 e. The summed E-state index contributed by atoms with van der Waals surface area (Å²) in [5.41, 5.74) is 1.33. The van der Waals surface area contributed by atoms with E-state index in [1.54, 1.807) is 25.1 Å². The largest absolute Gasteiger partial charge is 0.326 e. The predicted molar refractivity (Wildman–Crippen MR) is 69.9 cm³/mol. The van der Waals surface area contributed by atoms with Crippen molar-refractivity contribution in [1.29, 1.82) is 0 Å². The van der Waals surface area contributed by atoms with Crippen molar-refractivity contribution in [2.45, 2.75) is 19.4 Å². The van der Waals surface area contributed by atoms with Crippen LogP contribution < -0.4 is 16.0 Å². The van der Waals surface area contributed by atoms with Crippen molar-refractivity contribution in [3.8, 4) is 0 Å². The Labute approximate surface area is 114 Å². The van der Waals surface area contributed by atoms with Gasteiger partial charge in [-0.05, 0) is 24.6 Å². The molecule has 1 aromatic rings. The smallest absolute Gasteiger partial charge is 0.322 e. The normalized spacial score (nSPS) is 17.9. The molecule has 0 aromatic heterocycles. The molecule has 4 amide bonds. The lowest BCUT2D eigenvalue weighted by Crippen LogP contribution is -2.33. The molecule has 0 radical (unpaired) electrons. The van der Waals surface area contributed by atoms with Gasteiger partial charge in [0.2, 0.25) is 5.91 Å². The van der Waals surface area contributed by atoms with Gasteiger partial charge in [0.15, 0.2) is 0 Å². The molecule has 1 atom stereocenters. The van der Waals surface area contributed by atoms with Crippen molar-refractivity contribution < 1.29 is 14.4 Å². The van der Waals surface area contributed by atoms with Gasteiger partial charge >= 0.3 is 6.03 Å². The van der Waals surface area contributed by atoms with Crippen LogP contribution in [0.2, 0.25) is 5.02 Å². The predicted octanol–water partition coefficient (Wildman–Crippen LogP) is 1.19. The van der Waals surface area contributed by atoms with E-state index in [0.29, 0.717) is 10.7 Å². The summed E-state index contributed by atoms with van der Waals surface area (Å²) in [6.07, 6.45) is -0.122. The quantitative estimate of drug-likeness (QED) is 0.727. The van der Waals surface area contributed by atoms with Gasteiger partial charge in [0.1, 0.15) is 6.04 Å². The number of amides is 4. The third-order valence-electron chi connectivity index (χ3n) is 2.79. The van der Waals surface area contributed by atoms with Crippen LogP contribution >= 0.6 is 11.6 Å². The van der Waals surface area contributed by atoms with Gasteiger partial charge in [-0.1, -0.05) is 17.7 Å². The molecular formula is C12H12ClN3O3. The van der Waals surface area contributed by atoms with E-state index in [2.05, 4.69) is 16.0 Å². The second kappa shape index (κ2) is 5.27. The minimum atomic E-state index is -0.827. The van der Waals surface area contributed by atoms with E-state index >= 15 is 0 Å². The third-order valence-corrected chi connectivity index (χ3v) is 3.20. The van der Waals surface area contributed by atoms with Crippen LogP contribution in [0.4, 0.5) is 10.5 Å². The summed E-state index contributed by atoms with van der Waals surface area (Å²) >= 11 is 5.94. The standard InChI is InChI=1S/C12H12ClN3O3/c1-6-7(13)3-2-4-8(6)14-10(17)5-9-11(18)16-12(19)15-9/h2-4,9H,5H2,1H3,(H,14,17)(H2,15,16,18,19). The summed E-state index contributed by atoms with van der Waals surface area (Å²) in [7, 11) is 0. The Morgan fingerprint density at radius 3 is 2.79 bits per heavy atom. The summed E-state index contributed by atoms with van der Waals surface area (Å²) < 4.78 is 0. The van der Waals surface area contributed by atoms with Gasteiger partial charge in [-0.25, -0.2) is 4.79 Å². The average molecular weight is 282 g/mol. The minimum absolute atomic E-state index is 0.122. The molecule has 0 aliphatic carbocycles. The van der Waals surface area contributed by atoms with Crippen molar-refractivity contribution in [3.63, 3.8) is 0 Å². The van der Waals surface area contributed by atoms with Crippen molar-refractivity contribution in [1.82, 2.24) is 10.6 Å². The first-order valence-corrected chi connectivity index (χ1v) is 6.01. The molecule has 0 spiro atoms. The average Bonchev–Trinajstić information content (AvgIpc) is 2.64. The fourth-order valence-corrected chi connectivity index (χ4v) is 1.91. The second-order valence-corrected chi connectivity index (χ2v) is 4.59. The van der Waals surface area contributed by atoms with E-state index in [9.17, 15) is 14.4 Å². The van der Waals surface area contributed by atoms with Crippen molar-refractivity contribution in [2.24, 2.45) is 0 Å². The highest BCUT2D eigenvalue weighted by Gasteiger charge is 2.31. The highest BCUT2D eigenvalue weighted by Crippen LogP contribution is 2.23. The molecule has 1 fully saturated rings. The van der Waals surface area contributed by atoms with Crippen LogP contribution in [0.15, 0.2) is 18.2 Å². The number of benzene rings is 1. The Hall–Kier alpha value is -2.08. The lowest BCUT2D eigenvalue weighted by atomic mass is 10.1. The minimum Gasteiger partial charge on any atom is -0.326 e. The summed E-state index contributed by atoms with van der Waals surface area (Å²) in [4.78, 5) is 34.0. The zero-order valence-electron chi connectivity index (χ0n) is 10.1. The highest BCUT2D eigenvalue weighted by atomic mass is 35.5. The van der Waals surface area contributed by atoms with Crippen molar-refractivity contribution in [3.05, 3.63) is 28.8 Å². The molecule has 1 saturated heterocycles. The molecule has 6 nitrogen and oxygen atoms in total. The van der Waals surface area contributed by atoms with Crippen LogP contribution in [-0.2, 0) is 9.59 Å². The van der Waals surface area contributed by atoms with E-state index in [0.717, 1.165) is 5.56 Å². The second-order valence-electron chi connectivity index (χ2n) is 4.18. The number of carbonyl (C=O) groups is 3. The van der Waals surface area contributed by atoms with Crippen LogP contribution in [0.3, 0.4) is 0 Å². The summed E-state index contributed by atoms with van der Waals surface area (Å²) in [6, 6.07) is 3.74. The monoisotopic (exact) mass is 281 g/mol. The first-order valence-electron chi connectivity index (χ1n) is 5.63. The van der Waals surface area contributed by atoms with E-state index in [4.69, 9.17) is 11.6 Å². The molecule has 1 aliphatic heterocycles. The van der Waals surface area contributed by atoms with Gasteiger partial charge in [0, 0.05) is 10.7 Å². The number of imide groups is 1. The first-order chi connectivity index (χ1) is 8.97. The molecule has 2 rings (SSSR count). The Kier molecular flexibility index (Phi) is 3.71. The maximum absolute atomic E-state index is 11.8. The summed E-state index contributed by atoms with van der Waals surface area (Å²) in [6.45, 7) is 1.78. The molecule has 1 aliphatic rings. The summed E-state index contributed by atoms with van der Waals surface area (Å²) in [5.74, 6) is -0.865. The third kappa shape index (κ3) is 3.03. The van der Waals surface area contributed by atoms with E-state index in [1.165, 1.54) is 0 Å². The molecule has 0 saturated carbocycles. The number of nitrogens with one attached hydrogen (secondary N) is 3. The maximum atomic E-state index is 11.8. The number of urea groups is 1. The van der Waals surface area contributed by atoms with Crippen molar-refractivity contribution >= 4 is 35.1 Å². The molecule has 0 bridgehead atoms. The Balaban J connectivity index is 2.00. The fourth-order valence-electron chi connectivity index (χ4n) is 1.73. The Bertz CT molecular complexity index is 559. The molecular weight excluding hydrogens is 270 g/mol. The van der Waals surface area contributed by atoms with Crippen LogP contribution in [0.25, 0.3) is 0 Å². The summed E-state index contributed by atoms with van der Waals surface area (Å²) in [5, 5.41) is 7.63. The molecule has 1 unspecified atom stereocenters. The molecule has 3 N–H and O–H groups in total. The van der Waals surface area contributed by atoms with Gasteiger partial charge in [-0.3, -0.25) is 14.9 Å². The highest BCUT2D eigenvalue weighted by molar-refractivity contribution is 6.31. The number of hydrogen-bond acceptors (Lipinski definition) is 3. The SMILES string of the molecule is Cc1c(Cl)cccc1NC(=O)CC1NC(=O)NC1=O. The molecule has 7 heteroatoms. The molecule has 1 heterocycles. The lowest BCUT2D eigenvalue weighted by Gasteiger charge is -2.11. The van der Waals surface area contributed by atoms with Crippen LogP contribution in [0, 0.1) is 6.92 Å². The molecule has 1 aromatic carbocycles. The lowest BCUT2D eigenvalue weighted by molar-refractivity contribution is -0.124. The number of anilines is 1. The number of carbonyl (C=O) groups excluding carboxylic acids is 3. The van der Waals surface area contributed by atoms with Gasteiger partial charge in [-0.15, -0.1) is 0 Å². The van der Waals surface area contributed by atoms with Crippen LogP contribution in [0.1, 0.15) is 12.0 Å². The number of halogens is 1. The van der Waals surface area contributed by atoms with Gasteiger partial charge < -0.3 is 10.6 Å². The van der Waals surface area contributed by atoms with Gasteiger partial charge in [-0.2, -0.15) is 0 Å². The topological polar surface area (TPSA) is 87.3 Å². The van der Waals surface area contributed by atoms with Gasteiger partial charge in [0.25, 0.3) is 5.91 Å². The van der Waals surface area contributed by atoms with E-state index in [1.807, 2.05) is 0 Å². The van der Waals surface area contributed by atoms with Crippen molar-refractivity contribution in [2.75, 3.05) is 5.32 Å². The zero-order valence-corrected chi connectivity index (χ0v) is 10.9. The molecule has 100 valence electrons. The first kappa shape index (κ1) is 13.4. The van der Waals surface area contributed by atoms with E-state index < -0.39 is 18.0 Å². The number of hydrogen-bond donors (Lipinski definition) is 3. The molecule has 19 heavy (non-hydrogen) atoms. The van der Waals surface area contributed by atoms with Crippen LogP contribution in [-0.4, -0.2) is 23.9 Å².